The molecule has 4 heteroatoms. The Balaban J connectivity index is 2.43. The van der Waals surface area contributed by atoms with Crippen molar-refractivity contribution >= 4 is 11.0 Å². The van der Waals surface area contributed by atoms with Crippen LogP contribution in [0.3, 0.4) is 0 Å². The van der Waals surface area contributed by atoms with Gasteiger partial charge in [-0.1, -0.05) is 18.2 Å². The fourth-order valence-corrected chi connectivity index (χ4v) is 1.89. The average Bonchev–Trinajstić information content (AvgIpc) is 2.72. The summed E-state index contributed by atoms with van der Waals surface area (Å²) in [6.45, 7) is 3.93. The first-order valence-electron chi connectivity index (χ1n) is 5.58. The van der Waals surface area contributed by atoms with Gasteiger partial charge in [0.2, 0.25) is 0 Å². The molecule has 0 amide bonds. The number of methoxy groups -OCH3 is 1. The monoisotopic (exact) mass is 234 g/mol. The molecule has 2 aromatic rings. The van der Waals surface area contributed by atoms with E-state index in [9.17, 15) is 0 Å². The van der Waals surface area contributed by atoms with Crippen LogP contribution in [-0.2, 0) is 4.74 Å². The number of rotatable bonds is 4. The summed E-state index contributed by atoms with van der Waals surface area (Å²) in [5, 5.41) is 1.06. The second-order valence-corrected chi connectivity index (χ2v) is 4.59. The summed E-state index contributed by atoms with van der Waals surface area (Å²) >= 11 is 0. The molecule has 1 atom stereocenters. The molecule has 0 fully saturated rings. The molecule has 92 valence electrons. The molecule has 0 aliphatic rings. The number of furan rings is 1. The van der Waals surface area contributed by atoms with Crippen LogP contribution >= 0.6 is 0 Å². The van der Waals surface area contributed by atoms with E-state index in [-0.39, 0.29) is 6.04 Å². The first kappa shape index (κ1) is 12.1. The van der Waals surface area contributed by atoms with Gasteiger partial charge in [0.25, 0.3) is 0 Å². The van der Waals surface area contributed by atoms with Gasteiger partial charge in [0.05, 0.1) is 5.60 Å². The van der Waals surface area contributed by atoms with Crippen molar-refractivity contribution in [1.82, 2.24) is 5.43 Å². The van der Waals surface area contributed by atoms with E-state index in [4.69, 9.17) is 15.0 Å². The predicted molar refractivity (Wildman–Crippen MR) is 67.4 cm³/mol. The first-order chi connectivity index (χ1) is 8.08. The van der Waals surface area contributed by atoms with Gasteiger partial charge in [-0.15, -0.1) is 0 Å². The minimum absolute atomic E-state index is 0.195. The molecule has 1 heterocycles. The molecule has 0 bridgehead atoms. The molecule has 4 nitrogen and oxygen atoms in total. The van der Waals surface area contributed by atoms with E-state index in [1.54, 1.807) is 7.11 Å². The molecule has 3 N–H and O–H groups in total. The van der Waals surface area contributed by atoms with Crippen LogP contribution in [-0.4, -0.2) is 12.7 Å². The third-order valence-electron chi connectivity index (χ3n) is 3.12. The Bertz CT molecular complexity index is 472. The molecule has 1 aromatic carbocycles. The average molecular weight is 234 g/mol. The lowest BCUT2D eigenvalue weighted by molar-refractivity contribution is -0.0165. The van der Waals surface area contributed by atoms with E-state index in [0.29, 0.717) is 0 Å². The van der Waals surface area contributed by atoms with Gasteiger partial charge < -0.3 is 9.15 Å². The lowest BCUT2D eigenvalue weighted by Crippen LogP contribution is -2.43. The highest BCUT2D eigenvalue weighted by Gasteiger charge is 2.32. The van der Waals surface area contributed by atoms with Crippen molar-refractivity contribution in [3.8, 4) is 0 Å². The van der Waals surface area contributed by atoms with Crippen molar-refractivity contribution in [2.45, 2.75) is 25.5 Å². The number of hydrazine groups is 1. The molecule has 2 rings (SSSR count). The van der Waals surface area contributed by atoms with E-state index in [0.717, 1.165) is 16.7 Å². The van der Waals surface area contributed by atoms with E-state index in [2.05, 4.69) is 5.43 Å². The fraction of sp³-hybridized carbons (Fsp3) is 0.385. The Labute approximate surface area is 101 Å². The van der Waals surface area contributed by atoms with Gasteiger partial charge in [-0.3, -0.25) is 5.84 Å². The Morgan fingerprint density at radius 3 is 2.65 bits per heavy atom. The van der Waals surface area contributed by atoms with Crippen LogP contribution in [0.15, 0.2) is 34.7 Å². The first-order valence-corrected chi connectivity index (χ1v) is 5.58. The van der Waals surface area contributed by atoms with Crippen molar-refractivity contribution in [1.29, 1.82) is 0 Å². The van der Waals surface area contributed by atoms with E-state index >= 15 is 0 Å². The zero-order valence-electron chi connectivity index (χ0n) is 10.4. The summed E-state index contributed by atoms with van der Waals surface area (Å²) in [6.07, 6.45) is 0. The molecule has 17 heavy (non-hydrogen) atoms. The summed E-state index contributed by atoms with van der Waals surface area (Å²) in [4.78, 5) is 0. The SMILES string of the molecule is COC(C)(C)C(NN)c1cc2ccccc2o1. The lowest BCUT2D eigenvalue weighted by atomic mass is 9.97. The van der Waals surface area contributed by atoms with E-state index in [1.807, 2.05) is 44.2 Å². The number of para-hydroxylation sites is 1. The van der Waals surface area contributed by atoms with Crippen molar-refractivity contribution < 1.29 is 9.15 Å². The number of benzene rings is 1. The van der Waals surface area contributed by atoms with Crippen LogP contribution < -0.4 is 11.3 Å². The van der Waals surface area contributed by atoms with E-state index in [1.165, 1.54) is 0 Å². The summed E-state index contributed by atoms with van der Waals surface area (Å²) in [5.74, 6) is 6.38. The van der Waals surface area contributed by atoms with Crippen LogP contribution in [0.1, 0.15) is 25.6 Å². The molecule has 0 radical (unpaired) electrons. The highest BCUT2D eigenvalue weighted by Crippen LogP contribution is 2.31. The smallest absolute Gasteiger partial charge is 0.134 e. The third-order valence-corrected chi connectivity index (χ3v) is 3.12. The molecule has 0 aliphatic heterocycles. The van der Waals surface area contributed by atoms with E-state index < -0.39 is 5.60 Å². The van der Waals surface area contributed by atoms with Crippen LogP contribution in [0.2, 0.25) is 0 Å². The zero-order valence-corrected chi connectivity index (χ0v) is 10.4. The van der Waals surface area contributed by atoms with Gasteiger partial charge in [-0.2, -0.15) is 0 Å². The normalized spacial score (nSPS) is 14.1. The third kappa shape index (κ3) is 2.20. The van der Waals surface area contributed by atoms with Gasteiger partial charge in [-0.25, -0.2) is 5.43 Å². The number of ether oxygens (including phenoxy) is 1. The van der Waals surface area contributed by atoms with Gasteiger partial charge in [-0.05, 0) is 26.0 Å². The Morgan fingerprint density at radius 2 is 2.06 bits per heavy atom. The van der Waals surface area contributed by atoms with Gasteiger partial charge in [0.15, 0.2) is 0 Å². The molecule has 0 saturated heterocycles. The second-order valence-electron chi connectivity index (χ2n) is 4.59. The van der Waals surface area contributed by atoms with Crippen LogP contribution in [0.4, 0.5) is 0 Å². The number of fused-ring (bicyclic) bond motifs is 1. The molecular weight excluding hydrogens is 216 g/mol. The van der Waals surface area contributed by atoms with Gasteiger partial charge in [0, 0.05) is 12.5 Å². The highest BCUT2D eigenvalue weighted by atomic mass is 16.5. The summed E-state index contributed by atoms with van der Waals surface area (Å²) in [5.41, 5.74) is 3.17. The fourth-order valence-electron chi connectivity index (χ4n) is 1.89. The van der Waals surface area contributed by atoms with Crippen molar-refractivity contribution in [2.75, 3.05) is 7.11 Å². The maximum atomic E-state index is 5.79. The van der Waals surface area contributed by atoms with Gasteiger partial charge >= 0.3 is 0 Å². The zero-order chi connectivity index (χ0) is 12.5. The predicted octanol–water partition coefficient (Wildman–Crippen LogP) is 2.36. The van der Waals surface area contributed by atoms with Crippen molar-refractivity contribution in [2.24, 2.45) is 5.84 Å². The molecule has 1 aromatic heterocycles. The van der Waals surface area contributed by atoms with Crippen molar-refractivity contribution in [3.63, 3.8) is 0 Å². The Hall–Kier alpha value is -1.36. The Morgan fingerprint density at radius 1 is 1.35 bits per heavy atom. The molecular formula is C13H18N2O2. The summed E-state index contributed by atoms with van der Waals surface area (Å²) in [7, 11) is 1.66. The molecule has 0 aliphatic carbocycles. The molecule has 0 saturated carbocycles. The lowest BCUT2D eigenvalue weighted by Gasteiger charge is -2.30. The standard InChI is InChI=1S/C13H18N2O2/c1-13(2,16-3)12(15-14)11-8-9-6-4-5-7-10(9)17-11/h4-8,12,15H,14H2,1-3H3. The largest absolute Gasteiger partial charge is 0.459 e. The minimum atomic E-state index is -0.442. The van der Waals surface area contributed by atoms with Gasteiger partial charge in [0.1, 0.15) is 17.4 Å². The maximum absolute atomic E-state index is 5.79. The topological polar surface area (TPSA) is 60.4 Å². The van der Waals surface area contributed by atoms with Crippen LogP contribution in [0, 0.1) is 0 Å². The Kier molecular flexibility index (Phi) is 3.19. The number of hydrogen-bond acceptors (Lipinski definition) is 4. The number of hydrogen-bond donors (Lipinski definition) is 2. The van der Waals surface area contributed by atoms with Crippen LogP contribution in [0.5, 0.6) is 0 Å². The quantitative estimate of drug-likeness (QED) is 0.629. The van der Waals surface area contributed by atoms with Crippen LogP contribution in [0.25, 0.3) is 11.0 Å². The molecule has 0 spiro atoms. The number of nitrogens with one attached hydrogen (secondary N) is 1. The number of nitrogens with two attached hydrogens (primary N) is 1. The second kappa shape index (κ2) is 4.49. The maximum Gasteiger partial charge on any atom is 0.134 e. The summed E-state index contributed by atoms with van der Waals surface area (Å²) in [6, 6.07) is 9.67. The summed E-state index contributed by atoms with van der Waals surface area (Å²) < 4.78 is 11.2. The minimum Gasteiger partial charge on any atom is -0.459 e. The molecule has 1 unspecified atom stereocenters. The van der Waals surface area contributed by atoms with Crippen molar-refractivity contribution in [3.05, 3.63) is 36.1 Å². The highest BCUT2D eigenvalue weighted by molar-refractivity contribution is 5.77.